The lowest BCUT2D eigenvalue weighted by Crippen LogP contribution is -2.60. The molecule has 0 bridgehead atoms. The van der Waals surface area contributed by atoms with E-state index in [1.807, 2.05) is 17.9 Å². The van der Waals surface area contributed by atoms with Crippen LogP contribution < -0.4 is 15.5 Å². The van der Waals surface area contributed by atoms with Gasteiger partial charge in [-0.1, -0.05) is 0 Å². The number of nitrogens with one attached hydrogen (secondary N) is 3. The summed E-state index contributed by atoms with van der Waals surface area (Å²) in [6, 6.07) is 8.18. The zero-order valence-electron chi connectivity index (χ0n) is 19.1. The van der Waals surface area contributed by atoms with Crippen molar-refractivity contribution >= 4 is 40.8 Å². The third-order valence-corrected chi connectivity index (χ3v) is 7.46. The van der Waals surface area contributed by atoms with Crippen LogP contribution in [0.15, 0.2) is 40.4 Å². The topological polar surface area (TPSA) is 98.8 Å². The number of H-pyrrole nitrogens is 1. The van der Waals surface area contributed by atoms with Crippen LogP contribution in [0.4, 0.5) is 31.9 Å². The molecule has 0 unspecified atom stereocenters. The maximum absolute atomic E-state index is 15.0. The number of aromatic amines is 1. The molecule has 0 atom stereocenters. The van der Waals surface area contributed by atoms with Crippen molar-refractivity contribution in [3.8, 4) is 0 Å². The van der Waals surface area contributed by atoms with Gasteiger partial charge in [-0.05, 0) is 68.5 Å². The molecule has 3 fully saturated rings. The lowest BCUT2D eigenvalue weighted by molar-refractivity contribution is -0.117. The van der Waals surface area contributed by atoms with Crippen LogP contribution in [-0.4, -0.2) is 44.8 Å². The number of anilines is 4. The molecule has 0 spiro atoms. The minimum atomic E-state index is -1.15. The van der Waals surface area contributed by atoms with Crippen molar-refractivity contribution in [2.45, 2.75) is 48.3 Å². The Morgan fingerprint density at radius 3 is 2.60 bits per heavy atom. The molecule has 2 aliphatic carbocycles. The van der Waals surface area contributed by atoms with Gasteiger partial charge in [0.05, 0.1) is 18.0 Å². The van der Waals surface area contributed by atoms with Crippen LogP contribution >= 0.6 is 11.8 Å². The summed E-state index contributed by atoms with van der Waals surface area (Å²) in [5, 5.41) is 13.3. The Morgan fingerprint density at radius 2 is 1.94 bits per heavy atom. The minimum absolute atomic E-state index is 0.0388. The fraction of sp³-hybridized carbons (Fsp3) is 0.417. The predicted molar refractivity (Wildman–Crippen MR) is 129 cm³/mol. The fourth-order valence-electron chi connectivity index (χ4n) is 4.26. The summed E-state index contributed by atoms with van der Waals surface area (Å²) < 4.78 is 29.8. The van der Waals surface area contributed by atoms with Gasteiger partial charge in [-0.25, -0.2) is 18.7 Å². The number of alkyl halides is 1. The van der Waals surface area contributed by atoms with Crippen LogP contribution in [0.25, 0.3) is 0 Å². The molecule has 3 aromatic rings. The van der Waals surface area contributed by atoms with Gasteiger partial charge < -0.3 is 15.5 Å². The molecule has 182 valence electrons. The molecule has 3 aliphatic rings. The van der Waals surface area contributed by atoms with Crippen molar-refractivity contribution < 1.29 is 13.6 Å². The Hall–Kier alpha value is -3.21. The second kappa shape index (κ2) is 8.47. The van der Waals surface area contributed by atoms with Crippen molar-refractivity contribution in [2.24, 2.45) is 11.8 Å². The van der Waals surface area contributed by atoms with E-state index in [1.54, 1.807) is 18.2 Å². The van der Waals surface area contributed by atoms with Gasteiger partial charge in [0.15, 0.2) is 11.0 Å². The summed E-state index contributed by atoms with van der Waals surface area (Å²) in [6.45, 7) is 2.48. The Morgan fingerprint density at radius 1 is 1.14 bits per heavy atom. The highest BCUT2D eigenvalue weighted by Crippen LogP contribution is 2.48. The number of aryl methyl sites for hydroxylation is 1. The molecule has 0 radical (unpaired) electrons. The molecule has 3 N–H and O–H groups in total. The molecular weight excluding hydrogens is 472 g/mol. The first-order chi connectivity index (χ1) is 16.8. The van der Waals surface area contributed by atoms with Gasteiger partial charge in [0, 0.05) is 29.4 Å². The van der Waals surface area contributed by atoms with E-state index in [-0.39, 0.29) is 17.7 Å². The van der Waals surface area contributed by atoms with Crippen molar-refractivity contribution in [2.75, 3.05) is 28.6 Å². The Bertz CT molecular complexity index is 1280. The van der Waals surface area contributed by atoms with E-state index in [9.17, 15) is 13.6 Å². The Balaban J connectivity index is 1.23. The van der Waals surface area contributed by atoms with E-state index in [4.69, 9.17) is 0 Å². The molecular formula is C24H25F2N7OS. The van der Waals surface area contributed by atoms with Gasteiger partial charge in [-0.3, -0.25) is 9.89 Å². The van der Waals surface area contributed by atoms with E-state index in [1.165, 1.54) is 6.07 Å². The molecule has 8 nitrogen and oxygen atoms in total. The van der Waals surface area contributed by atoms with Gasteiger partial charge in [0.25, 0.3) is 0 Å². The summed E-state index contributed by atoms with van der Waals surface area (Å²) in [6.07, 6.45) is 3.64. The first-order valence-electron chi connectivity index (χ1n) is 11.7. The molecule has 2 saturated carbocycles. The van der Waals surface area contributed by atoms with Crippen molar-refractivity contribution in [1.29, 1.82) is 0 Å². The van der Waals surface area contributed by atoms with Gasteiger partial charge >= 0.3 is 0 Å². The smallest absolute Gasteiger partial charge is 0.227 e. The number of benzene rings is 1. The summed E-state index contributed by atoms with van der Waals surface area (Å²) in [5.74, 6) is 1.29. The second-order valence-electron chi connectivity index (χ2n) is 9.63. The number of hydrogen-bond acceptors (Lipinski definition) is 7. The van der Waals surface area contributed by atoms with Crippen LogP contribution in [0, 0.1) is 24.6 Å². The van der Waals surface area contributed by atoms with Crippen LogP contribution in [0.3, 0.4) is 0 Å². The van der Waals surface area contributed by atoms with Crippen LogP contribution in [0.2, 0.25) is 0 Å². The Kier molecular flexibility index (Phi) is 5.39. The summed E-state index contributed by atoms with van der Waals surface area (Å²) in [7, 11) is 0. The van der Waals surface area contributed by atoms with Gasteiger partial charge in [0.1, 0.15) is 23.1 Å². The first-order valence-corrected chi connectivity index (χ1v) is 12.6. The second-order valence-corrected chi connectivity index (χ2v) is 10.6. The number of hydrogen-bond donors (Lipinski definition) is 3. The van der Waals surface area contributed by atoms with Crippen molar-refractivity contribution in [3.63, 3.8) is 0 Å². The first kappa shape index (κ1) is 22.3. The van der Waals surface area contributed by atoms with Crippen LogP contribution in [-0.2, 0) is 4.79 Å². The molecule has 1 amide bonds. The highest BCUT2D eigenvalue weighted by molar-refractivity contribution is 7.99. The fourth-order valence-corrected chi connectivity index (χ4v) is 5.03. The predicted octanol–water partition coefficient (Wildman–Crippen LogP) is 4.83. The number of amides is 1. The number of aromatic nitrogens is 4. The van der Waals surface area contributed by atoms with E-state index >= 15 is 0 Å². The average Bonchev–Trinajstić information content (AvgIpc) is 3.71. The molecule has 6 rings (SSSR count). The SMILES string of the molecule is Cc1cc(Nc2cc(N3CC(F)(C4CC4)C3)nc(Sc3ccc(NC(=O)C4CC4)cc3F)n2)n[nH]1. The third kappa shape index (κ3) is 4.82. The lowest BCUT2D eigenvalue weighted by atomic mass is 9.91. The zero-order chi connectivity index (χ0) is 24.2. The summed E-state index contributed by atoms with van der Waals surface area (Å²) >= 11 is 1.08. The van der Waals surface area contributed by atoms with Gasteiger partial charge in [0.2, 0.25) is 5.91 Å². The zero-order valence-corrected chi connectivity index (χ0v) is 20.0. The molecule has 1 saturated heterocycles. The quantitative estimate of drug-likeness (QED) is 0.384. The van der Waals surface area contributed by atoms with Gasteiger partial charge in [-0.15, -0.1) is 0 Å². The molecule has 2 aromatic heterocycles. The summed E-state index contributed by atoms with van der Waals surface area (Å²) in [4.78, 5) is 23.3. The normalized spacial score (nSPS) is 18.8. The molecule has 1 aromatic carbocycles. The van der Waals surface area contributed by atoms with E-state index < -0.39 is 11.5 Å². The third-order valence-electron chi connectivity index (χ3n) is 6.54. The average molecular weight is 498 g/mol. The number of carbonyl (C=O) groups is 1. The number of nitrogens with zero attached hydrogens (tertiary/aromatic N) is 4. The van der Waals surface area contributed by atoms with E-state index in [0.717, 1.165) is 43.1 Å². The van der Waals surface area contributed by atoms with Crippen LogP contribution in [0.5, 0.6) is 0 Å². The van der Waals surface area contributed by atoms with Gasteiger partial charge in [-0.2, -0.15) is 5.10 Å². The highest BCUT2D eigenvalue weighted by atomic mass is 32.2. The number of carbonyl (C=O) groups excluding carboxylic acids is 1. The van der Waals surface area contributed by atoms with Crippen molar-refractivity contribution in [1.82, 2.24) is 20.2 Å². The number of rotatable bonds is 8. The molecule has 3 heterocycles. The molecule has 1 aliphatic heterocycles. The highest BCUT2D eigenvalue weighted by Gasteiger charge is 2.54. The monoisotopic (exact) mass is 497 g/mol. The largest absolute Gasteiger partial charge is 0.350 e. The Labute approximate surface area is 205 Å². The standard InChI is InChI=1S/C24H25F2N7OS/c1-13-8-20(32-31-13)28-19-10-21(33-11-24(26,12-33)15-4-5-15)30-23(29-19)35-18-7-6-16(9-17(18)25)27-22(34)14-2-3-14/h6-10,14-15H,2-5,11-12H2,1H3,(H,27,34)(H2,28,29,30,31,32). The van der Waals surface area contributed by atoms with Crippen molar-refractivity contribution in [3.05, 3.63) is 41.8 Å². The number of halogens is 2. The molecule has 35 heavy (non-hydrogen) atoms. The maximum Gasteiger partial charge on any atom is 0.227 e. The summed E-state index contributed by atoms with van der Waals surface area (Å²) in [5.41, 5.74) is 0.161. The maximum atomic E-state index is 15.0. The minimum Gasteiger partial charge on any atom is -0.350 e. The van der Waals surface area contributed by atoms with Crippen LogP contribution in [0.1, 0.15) is 31.4 Å². The lowest BCUT2D eigenvalue weighted by Gasteiger charge is -2.45. The van der Waals surface area contributed by atoms with E-state index in [0.29, 0.717) is 46.3 Å². The van der Waals surface area contributed by atoms with E-state index in [2.05, 4.69) is 30.8 Å². The molecule has 11 heteroatoms.